The van der Waals surface area contributed by atoms with Crippen LogP contribution in [0.4, 0.5) is 11.4 Å². The topological polar surface area (TPSA) is 81.7 Å². The molecule has 1 aromatic heterocycles. The van der Waals surface area contributed by atoms with Crippen LogP contribution in [-0.4, -0.2) is 38.3 Å². The second-order valence-corrected chi connectivity index (χ2v) is 6.07. The van der Waals surface area contributed by atoms with E-state index in [0.717, 1.165) is 17.2 Å². The summed E-state index contributed by atoms with van der Waals surface area (Å²) in [5.41, 5.74) is 1.74. The van der Waals surface area contributed by atoms with Gasteiger partial charge in [-0.2, -0.15) is 0 Å². The molecule has 150 valence electrons. The highest BCUT2D eigenvalue weighted by Gasteiger charge is 2.09. The highest BCUT2D eigenvalue weighted by molar-refractivity contribution is 6.03. The van der Waals surface area contributed by atoms with E-state index in [4.69, 9.17) is 14.2 Å². The van der Waals surface area contributed by atoms with E-state index in [1.807, 2.05) is 36.4 Å². The number of rotatable bonds is 9. The SMILES string of the molecule is COc1ccc(OCCNc2ccnc(C(=O)Nc3cccc(OC)c3)c2)cc1. The fraction of sp³-hybridized carbons (Fsp3) is 0.182. The van der Waals surface area contributed by atoms with Gasteiger partial charge in [0.15, 0.2) is 0 Å². The molecule has 2 N–H and O–H groups in total. The van der Waals surface area contributed by atoms with E-state index >= 15 is 0 Å². The van der Waals surface area contributed by atoms with Crippen molar-refractivity contribution >= 4 is 17.3 Å². The average Bonchev–Trinajstić information content (AvgIpc) is 2.77. The average molecular weight is 393 g/mol. The lowest BCUT2D eigenvalue weighted by atomic mass is 10.2. The maximum absolute atomic E-state index is 12.5. The van der Waals surface area contributed by atoms with Gasteiger partial charge < -0.3 is 24.8 Å². The minimum atomic E-state index is -0.295. The zero-order valence-corrected chi connectivity index (χ0v) is 16.3. The first-order chi connectivity index (χ1) is 14.2. The summed E-state index contributed by atoms with van der Waals surface area (Å²) < 4.78 is 16.0. The number of amides is 1. The molecule has 3 rings (SSSR count). The Labute approximate surface area is 169 Å². The number of methoxy groups -OCH3 is 2. The number of nitrogens with zero attached hydrogens (tertiary/aromatic N) is 1. The van der Waals surface area contributed by atoms with Gasteiger partial charge in [0.05, 0.1) is 14.2 Å². The van der Waals surface area contributed by atoms with Crippen molar-refractivity contribution in [3.8, 4) is 17.2 Å². The van der Waals surface area contributed by atoms with Crippen LogP contribution >= 0.6 is 0 Å². The van der Waals surface area contributed by atoms with Crippen LogP contribution in [0, 0.1) is 0 Å². The van der Waals surface area contributed by atoms with Crippen molar-refractivity contribution in [1.29, 1.82) is 0 Å². The maximum Gasteiger partial charge on any atom is 0.274 e. The van der Waals surface area contributed by atoms with Crippen LogP contribution in [0.5, 0.6) is 17.2 Å². The summed E-state index contributed by atoms with van der Waals surface area (Å²) in [5.74, 6) is 1.92. The number of pyridine rings is 1. The fourth-order valence-corrected chi connectivity index (χ4v) is 2.60. The molecule has 0 unspecified atom stereocenters. The Balaban J connectivity index is 1.51. The molecule has 0 fully saturated rings. The van der Waals surface area contributed by atoms with Crippen molar-refractivity contribution < 1.29 is 19.0 Å². The lowest BCUT2D eigenvalue weighted by Crippen LogP contribution is -2.15. The molecule has 29 heavy (non-hydrogen) atoms. The van der Waals surface area contributed by atoms with E-state index in [2.05, 4.69) is 15.6 Å². The van der Waals surface area contributed by atoms with Gasteiger partial charge >= 0.3 is 0 Å². The highest BCUT2D eigenvalue weighted by Crippen LogP contribution is 2.18. The molecule has 7 nitrogen and oxygen atoms in total. The summed E-state index contributed by atoms with van der Waals surface area (Å²) >= 11 is 0. The molecule has 1 heterocycles. The zero-order chi connectivity index (χ0) is 20.5. The largest absolute Gasteiger partial charge is 0.497 e. The van der Waals surface area contributed by atoms with Gasteiger partial charge in [-0.25, -0.2) is 0 Å². The molecule has 0 aliphatic rings. The first kappa shape index (κ1) is 20.0. The molecule has 0 radical (unpaired) electrons. The Hall–Kier alpha value is -3.74. The van der Waals surface area contributed by atoms with Crippen LogP contribution in [0.2, 0.25) is 0 Å². The van der Waals surface area contributed by atoms with Crippen molar-refractivity contribution in [2.75, 3.05) is 38.0 Å². The zero-order valence-electron chi connectivity index (χ0n) is 16.3. The van der Waals surface area contributed by atoms with Gasteiger partial charge in [0, 0.05) is 30.2 Å². The summed E-state index contributed by atoms with van der Waals surface area (Å²) in [6, 6.07) is 18.1. The summed E-state index contributed by atoms with van der Waals surface area (Å²) in [5, 5.41) is 6.04. The summed E-state index contributed by atoms with van der Waals surface area (Å²) in [6.07, 6.45) is 1.59. The van der Waals surface area contributed by atoms with Crippen molar-refractivity contribution in [2.24, 2.45) is 0 Å². The molecule has 0 bridgehead atoms. The van der Waals surface area contributed by atoms with Gasteiger partial charge in [0.1, 0.15) is 29.5 Å². The third kappa shape index (κ3) is 5.87. The Morgan fingerprint density at radius 2 is 1.66 bits per heavy atom. The number of aromatic nitrogens is 1. The van der Waals surface area contributed by atoms with Crippen LogP contribution in [0.25, 0.3) is 0 Å². The summed E-state index contributed by atoms with van der Waals surface area (Å²) in [6.45, 7) is 1.05. The lowest BCUT2D eigenvalue weighted by molar-refractivity contribution is 0.102. The maximum atomic E-state index is 12.5. The Morgan fingerprint density at radius 3 is 2.41 bits per heavy atom. The van der Waals surface area contributed by atoms with Crippen LogP contribution in [0.1, 0.15) is 10.5 Å². The summed E-state index contributed by atoms with van der Waals surface area (Å²) in [4.78, 5) is 16.6. The van der Waals surface area contributed by atoms with E-state index in [-0.39, 0.29) is 5.91 Å². The molecular weight excluding hydrogens is 370 g/mol. The minimum Gasteiger partial charge on any atom is -0.497 e. The molecule has 3 aromatic rings. The molecule has 2 aromatic carbocycles. The summed E-state index contributed by atoms with van der Waals surface area (Å²) in [7, 11) is 3.20. The number of hydrogen-bond acceptors (Lipinski definition) is 6. The second-order valence-electron chi connectivity index (χ2n) is 6.07. The van der Waals surface area contributed by atoms with E-state index in [9.17, 15) is 4.79 Å². The van der Waals surface area contributed by atoms with Gasteiger partial charge in [-0.3, -0.25) is 9.78 Å². The number of hydrogen-bond donors (Lipinski definition) is 2. The van der Waals surface area contributed by atoms with Crippen LogP contribution < -0.4 is 24.8 Å². The molecule has 1 amide bonds. The quantitative estimate of drug-likeness (QED) is 0.538. The van der Waals surface area contributed by atoms with E-state index < -0.39 is 0 Å². The second kappa shape index (κ2) is 9.98. The van der Waals surface area contributed by atoms with E-state index in [1.165, 1.54) is 0 Å². The lowest BCUT2D eigenvalue weighted by Gasteiger charge is -2.10. The number of carbonyl (C=O) groups excluding carboxylic acids is 1. The Morgan fingerprint density at radius 1 is 0.897 bits per heavy atom. The third-order valence-corrected chi connectivity index (χ3v) is 4.08. The van der Waals surface area contributed by atoms with Crippen molar-refractivity contribution in [3.63, 3.8) is 0 Å². The molecule has 0 atom stereocenters. The Kier molecular flexibility index (Phi) is 6.89. The standard InChI is InChI=1S/C22H23N3O4/c1-27-18-6-8-19(9-7-18)29-13-12-23-16-10-11-24-21(15-16)22(26)25-17-4-3-5-20(14-17)28-2/h3-11,14-15H,12-13H2,1-2H3,(H,23,24)(H,25,26). The highest BCUT2D eigenvalue weighted by atomic mass is 16.5. The van der Waals surface area contributed by atoms with Crippen LogP contribution in [-0.2, 0) is 0 Å². The van der Waals surface area contributed by atoms with Crippen molar-refractivity contribution in [3.05, 3.63) is 72.6 Å². The van der Waals surface area contributed by atoms with Gasteiger partial charge in [-0.1, -0.05) is 6.07 Å². The van der Waals surface area contributed by atoms with Crippen molar-refractivity contribution in [1.82, 2.24) is 4.98 Å². The third-order valence-electron chi connectivity index (χ3n) is 4.08. The first-order valence-corrected chi connectivity index (χ1v) is 9.10. The number of benzene rings is 2. The van der Waals surface area contributed by atoms with Crippen molar-refractivity contribution in [2.45, 2.75) is 0 Å². The molecule has 0 saturated carbocycles. The fourth-order valence-electron chi connectivity index (χ4n) is 2.60. The van der Waals surface area contributed by atoms with E-state index in [1.54, 1.807) is 44.7 Å². The normalized spacial score (nSPS) is 10.1. The van der Waals surface area contributed by atoms with Gasteiger partial charge in [-0.05, 0) is 48.5 Å². The van der Waals surface area contributed by atoms with Gasteiger partial charge in [-0.15, -0.1) is 0 Å². The smallest absolute Gasteiger partial charge is 0.274 e. The molecular formula is C22H23N3O4. The van der Waals surface area contributed by atoms with Gasteiger partial charge in [0.25, 0.3) is 5.91 Å². The first-order valence-electron chi connectivity index (χ1n) is 9.10. The monoisotopic (exact) mass is 393 g/mol. The number of carbonyl (C=O) groups is 1. The molecule has 0 aliphatic heterocycles. The molecule has 0 spiro atoms. The number of anilines is 2. The predicted octanol–water partition coefficient (Wildman–Crippen LogP) is 3.84. The molecule has 0 aliphatic carbocycles. The number of ether oxygens (including phenoxy) is 3. The van der Waals surface area contributed by atoms with Crippen LogP contribution in [0.3, 0.4) is 0 Å². The predicted molar refractivity (Wildman–Crippen MR) is 112 cm³/mol. The Bertz CT molecular complexity index is 945. The minimum absolute atomic E-state index is 0.295. The van der Waals surface area contributed by atoms with Gasteiger partial charge in [0.2, 0.25) is 0 Å². The van der Waals surface area contributed by atoms with Crippen LogP contribution in [0.15, 0.2) is 66.9 Å². The molecule has 7 heteroatoms. The number of nitrogens with one attached hydrogen (secondary N) is 2. The van der Waals surface area contributed by atoms with E-state index in [0.29, 0.717) is 30.3 Å². The molecule has 0 saturated heterocycles.